The first-order chi connectivity index (χ1) is 2.50. The summed E-state index contributed by atoms with van der Waals surface area (Å²) >= 11 is 0. The Morgan fingerprint density at radius 2 is 1.50 bits per heavy atom. The van der Waals surface area contributed by atoms with E-state index >= 15 is 0 Å². The van der Waals surface area contributed by atoms with E-state index in [4.69, 9.17) is 0 Å². The molecule has 0 nitrogen and oxygen atoms in total. The van der Waals surface area contributed by atoms with Crippen LogP contribution in [0.15, 0.2) is 24.3 Å². The molecule has 0 N–H and O–H groups in total. The summed E-state index contributed by atoms with van der Waals surface area (Å²) in [5.74, 6) is 0. The van der Waals surface area contributed by atoms with Crippen molar-refractivity contribution in [1.29, 1.82) is 0 Å². The third kappa shape index (κ3) is 2.32. The molecule has 0 bridgehead atoms. The van der Waals surface area contributed by atoms with Crippen molar-refractivity contribution in [2.24, 2.45) is 0 Å². The Labute approximate surface area is 80.7 Å². The molecule has 0 amide bonds. The van der Waals surface area contributed by atoms with Gasteiger partial charge < -0.3 is 0 Å². The average molecular weight is 105 g/mol. The number of allylic oxidation sites excluding steroid dienone is 4. The predicted octanol–water partition coefficient (Wildman–Crippen LogP) is 1.12. The van der Waals surface area contributed by atoms with Crippen LogP contribution in [0.3, 0.4) is 0 Å². The number of hydrogen-bond acceptors (Lipinski definition) is 0. The SMILES string of the molecule is C1=CCC=C1.[K]. The van der Waals surface area contributed by atoms with Gasteiger partial charge in [0, 0.05) is 51.4 Å². The summed E-state index contributed by atoms with van der Waals surface area (Å²) in [6, 6.07) is 0. The molecule has 0 saturated carbocycles. The number of rotatable bonds is 0. The molecule has 1 aliphatic rings. The molecule has 0 spiro atoms. The Bertz CT molecular complexity index is 62.0. The van der Waals surface area contributed by atoms with Crippen LogP contribution in [-0.4, -0.2) is 51.4 Å². The molecule has 0 saturated heterocycles. The van der Waals surface area contributed by atoms with E-state index in [1.54, 1.807) is 0 Å². The van der Waals surface area contributed by atoms with Gasteiger partial charge in [-0.2, -0.15) is 0 Å². The van der Waals surface area contributed by atoms with Crippen LogP contribution in [0.25, 0.3) is 0 Å². The zero-order valence-corrected chi connectivity index (χ0v) is 7.14. The molecular formula is C5H6K. The first-order valence-electron chi connectivity index (χ1n) is 1.82. The minimum Gasteiger partial charge on any atom is -0.0808 e. The van der Waals surface area contributed by atoms with Crippen LogP contribution in [0, 0.1) is 0 Å². The van der Waals surface area contributed by atoms with Crippen molar-refractivity contribution in [3.8, 4) is 0 Å². The van der Waals surface area contributed by atoms with E-state index < -0.39 is 0 Å². The van der Waals surface area contributed by atoms with Crippen molar-refractivity contribution >= 4 is 51.4 Å². The fourth-order valence-corrected chi connectivity index (χ4v) is 0.393. The Morgan fingerprint density at radius 3 is 1.67 bits per heavy atom. The zero-order valence-electron chi connectivity index (χ0n) is 4.02. The smallest absolute Gasteiger partial charge is 0 e. The molecule has 1 aliphatic carbocycles. The van der Waals surface area contributed by atoms with E-state index in [0.717, 1.165) is 6.42 Å². The summed E-state index contributed by atoms with van der Waals surface area (Å²) in [6.07, 6.45) is 9.50. The van der Waals surface area contributed by atoms with E-state index in [2.05, 4.69) is 24.3 Å². The monoisotopic (exact) mass is 105 g/mol. The van der Waals surface area contributed by atoms with Gasteiger partial charge in [-0.3, -0.25) is 0 Å². The molecule has 0 heterocycles. The molecule has 1 radical (unpaired) electrons. The normalized spacial score (nSPS) is 14.7. The van der Waals surface area contributed by atoms with Gasteiger partial charge in [-0.1, -0.05) is 24.3 Å². The third-order valence-electron chi connectivity index (χ3n) is 0.655. The van der Waals surface area contributed by atoms with E-state index in [1.807, 2.05) is 0 Å². The topological polar surface area (TPSA) is 0 Å². The van der Waals surface area contributed by atoms with Crippen LogP contribution in [0.4, 0.5) is 0 Å². The molecule has 0 fully saturated rings. The van der Waals surface area contributed by atoms with Crippen LogP contribution in [0.1, 0.15) is 6.42 Å². The summed E-state index contributed by atoms with van der Waals surface area (Å²) < 4.78 is 0. The fourth-order valence-electron chi connectivity index (χ4n) is 0.393. The maximum atomic E-state index is 2.12. The van der Waals surface area contributed by atoms with Gasteiger partial charge in [0.25, 0.3) is 0 Å². The van der Waals surface area contributed by atoms with Crippen molar-refractivity contribution in [1.82, 2.24) is 0 Å². The first-order valence-corrected chi connectivity index (χ1v) is 1.82. The van der Waals surface area contributed by atoms with Crippen LogP contribution in [0.2, 0.25) is 0 Å². The Morgan fingerprint density at radius 1 is 1.00 bits per heavy atom. The Hall–Kier alpha value is 1.12. The summed E-state index contributed by atoms with van der Waals surface area (Å²) in [5, 5.41) is 0. The van der Waals surface area contributed by atoms with Gasteiger partial charge in [-0.25, -0.2) is 0 Å². The zero-order chi connectivity index (χ0) is 3.54. The molecule has 6 heavy (non-hydrogen) atoms. The fraction of sp³-hybridized carbons (Fsp3) is 0.200. The van der Waals surface area contributed by atoms with E-state index in [0.29, 0.717) is 0 Å². The second kappa shape index (κ2) is 4.28. The van der Waals surface area contributed by atoms with Crippen molar-refractivity contribution < 1.29 is 0 Å². The molecule has 1 heteroatoms. The molecule has 0 atom stereocenters. The minimum absolute atomic E-state index is 0. The van der Waals surface area contributed by atoms with Crippen LogP contribution >= 0.6 is 0 Å². The molecule has 0 unspecified atom stereocenters. The molecular weight excluding hydrogens is 99.2 g/mol. The standard InChI is InChI=1S/C5H6.K/c1-2-4-5-3-1;/h1-4H,5H2;. The van der Waals surface area contributed by atoms with Gasteiger partial charge in [0.2, 0.25) is 0 Å². The second-order valence-corrected chi connectivity index (χ2v) is 1.09. The molecule has 0 aromatic rings. The maximum absolute atomic E-state index is 2.12. The first kappa shape index (κ1) is 7.12. The van der Waals surface area contributed by atoms with Gasteiger partial charge >= 0.3 is 0 Å². The molecule has 0 aromatic heterocycles. The number of hydrogen-bond donors (Lipinski definition) is 0. The van der Waals surface area contributed by atoms with Crippen LogP contribution in [-0.2, 0) is 0 Å². The van der Waals surface area contributed by atoms with Crippen molar-refractivity contribution in [3.63, 3.8) is 0 Å². The van der Waals surface area contributed by atoms with E-state index in [9.17, 15) is 0 Å². The van der Waals surface area contributed by atoms with Crippen molar-refractivity contribution in [3.05, 3.63) is 24.3 Å². The van der Waals surface area contributed by atoms with Gasteiger partial charge in [0.15, 0.2) is 0 Å². The van der Waals surface area contributed by atoms with Gasteiger partial charge in [-0.15, -0.1) is 0 Å². The van der Waals surface area contributed by atoms with E-state index in [-0.39, 0.29) is 51.4 Å². The minimum atomic E-state index is 0. The molecule has 27 valence electrons. The predicted molar refractivity (Wildman–Crippen MR) is 28.7 cm³/mol. The Kier molecular flexibility index (Phi) is 5.08. The molecule has 0 aromatic carbocycles. The summed E-state index contributed by atoms with van der Waals surface area (Å²) in [4.78, 5) is 0. The molecule has 1 rings (SSSR count). The maximum Gasteiger partial charge on any atom is 0 e. The van der Waals surface area contributed by atoms with Gasteiger partial charge in [0.1, 0.15) is 0 Å². The third-order valence-corrected chi connectivity index (χ3v) is 0.655. The summed E-state index contributed by atoms with van der Waals surface area (Å²) in [5.41, 5.74) is 0. The van der Waals surface area contributed by atoms with E-state index in [1.165, 1.54) is 0 Å². The van der Waals surface area contributed by atoms with Crippen molar-refractivity contribution in [2.45, 2.75) is 6.42 Å². The van der Waals surface area contributed by atoms with Crippen LogP contribution < -0.4 is 0 Å². The quantitative estimate of drug-likeness (QED) is 0.405. The van der Waals surface area contributed by atoms with Gasteiger partial charge in [0.05, 0.1) is 0 Å². The molecule has 0 aliphatic heterocycles. The van der Waals surface area contributed by atoms with Gasteiger partial charge in [-0.05, 0) is 6.42 Å². The van der Waals surface area contributed by atoms with Crippen molar-refractivity contribution in [2.75, 3.05) is 0 Å². The second-order valence-electron chi connectivity index (χ2n) is 1.09. The average Bonchev–Trinajstić information content (AvgIpc) is 1.76. The summed E-state index contributed by atoms with van der Waals surface area (Å²) in [6.45, 7) is 0. The largest absolute Gasteiger partial charge is 0.0808 e. The Balaban J connectivity index is 0.000000250. The van der Waals surface area contributed by atoms with Crippen LogP contribution in [0.5, 0.6) is 0 Å². The summed E-state index contributed by atoms with van der Waals surface area (Å²) in [7, 11) is 0.